The van der Waals surface area contributed by atoms with Crippen molar-refractivity contribution in [1.29, 1.82) is 0 Å². The van der Waals surface area contributed by atoms with Crippen LogP contribution in [0.4, 0.5) is 11.4 Å². The fraction of sp³-hybridized carbons (Fsp3) is 0.632. The van der Waals surface area contributed by atoms with Crippen molar-refractivity contribution < 1.29 is 9.72 Å². The van der Waals surface area contributed by atoms with E-state index in [9.17, 15) is 14.9 Å². The molecule has 26 heavy (non-hydrogen) atoms. The van der Waals surface area contributed by atoms with Crippen LogP contribution >= 0.6 is 0 Å². The zero-order valence-corrected chi connectivity index (χ0v) is 15.4. The van der Waals surface area contributed by atoms with Crippen LogP contribution in [0.3, 0.4) is 0 Å². The Labute approximate surface area is 154 Å². The van der Waals surface area contributed by atoms with Crippen molar-refractivity contribution in [2.45, 2.75) is 45.1 Å². The third-order valence-electron chi connectivity index (χ3n) is 5.02. The first-order valence-electron chi connectivity index (χ1n) is 9.58. The molecule has 1 heterocycles. The third-order valence-corrected chi connectivity index (χ3v) is 5.02. The van der Waals surface area contributed by atoms with E-state index in [0.717, 1.165) is 32.5 Å². The summed E-state index contributed by atoms with van der Waals surface area (Å²) < 4.78 is 0. The second-order valence-corrected chi connectivity index (χ2v) is 7.58. The smallest absolute Gasteiger partial charge is 0.293 e. The molecule has 2 aliphatic rings. The maximum Gasteiger partial charge on any atom is 0.293 e. The molecule has 0 spiro atoms. The topological polar surface area (TPSA) is 87.5 Å². The monoisotopic (exact) mass is 360 g/mol. The number of nitro benzene ring substituents is 1. The summed E-state index contributed by atoms with van der Waals surface area (Å²) in [6.45, 7) is 5.95. The van der Waals surface area contributed by atoms with Crippen LogP contribution in [0, 0.1) is 16.0 Å². The number of amides is 1. The molecular weight excluding hydrogens is 332 g/mol. The zero-order chi connectivity index (χ0) is 18.5. The van der Waals surface area contributed by atoms with Crippen LogP contribution in [0.5, 0.6) is 0 Å². The van der Waals surface area contributed by atoms with E-state index in [1.807, 2.05) is 0 Å². The molecule has 3 rings (SSSR count). The Bertz CT molecular complexity index is 654. The molecule has 7 nitrogen and oxygen atoms in total. The van der Waals surface area contributed by atoms with Gasteiger partial charge < -0.3 is 15.5 Å². The molecule has 1 atom stereocenters. The van der Waals surface area contributed by atoms with Gasteiger partial charge in [0.05, 0.1) is 4.92 Å². The molecule has 1 unspecified atom stereocenters. The van der Waals surface area contributed by atoms with Crippen LogP contribution in [-0.2, 0) is 0 Å². The van der Waals surface area contributed by atoms with Gasteiger partial charge in [-0.25, -0.2) is 0 Å². The van der Waals surface area contributed by atoms with Crippen LogP contribution in [0.2, 0.25) is 0 Å². The van der Waals surface area contributed by atoms with Gasteiger partial charge in [0, 0.05) is 30.8 Å². The van der Waals surface area contributed by atoms with Crippen LogP contribution in [0.25, 0.3) is 0 Å². The van der Waals surface area contributed by atoms with Gasteiger partial charge in [0.2, 0.25) is 0 Å². The summed E-state index contributed by atoms with van der Waals surface area (Å²) in [4.78, 5) is 25.7. The van der Waals surface area contributed by atoms with E-state index in [0.29, 0.717) is 29.8 Å². The molecule has 7 heteroatoms. The minimum Gasteiger partial charge on any atom is -0.377 e. The lowest BCUT2D eigenvalue weighted by Gasteiger charge is -2.29. The lowest BCUT2D eigenvalue weighted by Crippen LogP contribution is -2.38. The highest BCUT2D eigenvalue weighted by atomic mass is 16.6. The molecule has 0 aromatic heterocycles. The van der Waals surface area contributed by atoms with E-state index >= 15 is 0 Å². The van der Waals surface area contributed by atoms with Gasteiger partial charge in [0.25, 0.3) is 11.6 Å². The first kappa shape index (κ1) is 18.6. The zero-order valence-electron chi connectivity index (χ0n) is 15.4. The van der Waals surface area contributed by atoms with Crippen LogP contribution in [0.15, 0.2) is 18.2 Å². The number of piperidine rings is 1. The van der Waals surface area contributed by atoms with E-state index < -0.39 is 4.92 Å². The van der Waals surface area contributed by atoms with E-state index in [-0.39, 0.29) is 11.6 Å². The number of nitro groups is 1. The molecule has 1 saturated heterocycles. The Morgan fingerprint density at radius 1 is 1.31 bits per heavy atom. The quantitative estimate of drug-likeness (QED) is 0.550. The Morgan fingerprint density at radius 3 is 2.69 bits per heavy atom. The number of nitrogens with zero attached hydrogens (tertiary/aromatic N) is 2. The number of rotatable bonds is 8. The molecule has 1 aliphatic carbocycles. The summed E-state index contributed by atoms with van der Waals surface area (Å²) in [7, 11) is 0. The maximum absolute atomic E-state index is 12.4. The van der Waals surface area contributed by atoms with E-state index in [1.54, 1.807) is 12.1 Å². The fourth-order valence-electron chi connectivity index (χ4n) is 3.41. The Morgan fingerprint density at radius 2 is 2.04 bits per heavy atom. The van der Waals surface area contributed by atoms with Crippen molar-refractivity contribution in [3.05, 3.63) is 33.9 Å². The molecule has 1 saturated carbocycles. The summed E-state index contributed by atoms with van der Waals surface area (Å²) in [5.41, 5.74) is 0.793. The minimum atomic E-state index is -0.430. The van der Waals surface area contributed by atoms with E-state index in [1.165, 1.54) is 25.3 Å². The second kappa shape index (κ2) is 8.49. The SMILES string of the molecule is CC(CNC(=O)c1ccc(NC2CC2)c([N+](=O)[O-])c1)CN1CCCCC1. The Hall–Kier alpha value is -2.15. The van der Waals surface area contributed by atoms with E-state index in [4.69, 9.17) is 0 Å². The first-order valence-corrected chi connectivity index (χ1v) is 9.58. The molecule has 1 aromatic carbocycles. The van der Waals surface area contributed by atoms with Gasteiger partial charge in [0.1, 0.15) is 5.69 Å². The fourth-order valence-corrected chi connectivity index (χ4v) is 3.41. The number of hydrogen-bond donors (Lipinski definition) is 2. The van der Waals surface area contributed by atoms with Crippen molar-refractivity contribution in [1.82, 2.24) is 10.2 Å². The summed E-state index contributed by atoms with van der Waals surface area (Å²) in [5.74, 6) is 0.0967. The predicted molar refractivity (Wildman–Crippen MR) is 102 cm³/mol. The van der Waals surface area contributed by atoms with Crippen molar-refractivity contribution in [3.8, 4) is 0 Å². The van der Waals surface area contributed by atoms with Crippen LogP contribution < -0.4 is 10.6 Å². The van der Waals surface area contributed by atoms with Crippen molar-refractivity contribution in [2.24, 2.45) is 5.92 Å². The highest BCUT2D eigenvalue weighted by molar-refractivity contribution is 5.95. The lowest BCUT2D eigenvalue weighted by atomic mass is 10.1. The van der Waals surface area contributed by atoms with Crippen molar-refractivity contribution in [2.75, 3.05) is 31.5 Å². The molecular formula is C19H28N4O3. The highest BCUT2D eigenvalue weighted by Crippen LogP contribution is 2.31. The van der Waals surface area contributed by atoms with Crippen molar-refractivity contribution in [3.63, 3.8) is 0 Å². The molecule has 1 aliphatic heterocycles. The standard InChI is InChI=1S/C19H28N4O3/c1-14(13-22-9-3-2-4-10-22)12-20-19(24)15-5-8-17(21-16-6-7-16)18(11-15)23(25)26/h5,8,11,14,16,21H,2-4,6-7,9-10,12-13H2,1H3,(H,20,24). The van der Waals surface area contributed by atoms with Gasteiger partial charge in [-0.2, -0.15) is 0 Å². The number of anilines is 1. The highest BCUT2D eigenvalue weighted by Gasteiger charge is 2.25. The first-order chi connectivity index (χ1) is 12.5. The normalized spacial score (nSPS) is 19.0. The van der Waals surface area contributed by atoms with Crippen LogP contribution in [0.1, 0.15) is 49.4 Å². The van der Waals surface area contributed by atoms with Gasteiger partial charge >= 0.3 is 0 Å². The number of benzene rings is 1. The van der Waals surface area contributed by atoms with Crippen LogP contribution in [-0.4, -0.2) is 48.0 Å². The molecule has 0 bridgehead atoms. The molecule has 0 radical (unpaired) electrons. The number of carbonyl (C=O) groups is 1. The largest absolute Gasteiger partial charge is 0.377 e. The molecule has 1 aromatic rings. The maximum atomic E-state index is 12.4. The molecule has 142 valence electrons. The number of nitrogens with one attached hydrogen (secondary N) is 2. The number of carbonyl (C=O) groups excluding carboxylic acids is 1. The molecule has 1 amide bonds. The Balaban J connectivity index is 1.54. The Kier molecular flexibility index (Phi) is 6.08. The summed E-state index contributed by atoms with van der Waals surface area (Å²) in [6, 6.07) is 4.99. The summed E-state index contributed by atoms with van der Waals surface area (Å²) in [6.07, 6.45) is 5.89. The van der Waals surface area contributed by atoms with Crippen molar-refractivity contribution >= 4 is 17.3 Å². The number of likely N-dealkylation sites (tertiary alicyclic amines) is 1. The summed E-state index contributed by atoms with van der Waals surface area (Å²) in [5, 5.41) is 17.4. The van der Waals surface area contributed by atoms with Gasteiger partial charge in [-0.3, -0.25) is 14.9 Å². The molecule has 2 fully saturated rings. The minimum absolute atomic E-state index is 0.0362. The number of hydrogen-bond acceptors (Lipinski definition) is 5. The van der Waals surface area contributed by atoms with Gasteiger partial charge in [-0.05, 0) is 56.8 Å². The average Bonchev–Trinajstić information content (AvgIpc) is 3.44. The molecule has 2 N–H and O–H groups in total. The third kappa shape index (κ3) is 5.17. The van der Waals surface area contributed by atoms with E-state index in [2.05, 4.69) is 22.5 Å². The van der Waals surface area contributed by atoms with Gasteiger partial charge in [-0.1, -0.05) is 13.3 Å². The second-order valence-electron chi connectivity index (χ2n) is 7.58. The summed E-state index contributed by atoms with van der Waals surface area (Å²) >= 11 is 0. The lowest BCUT2D eigenvalue weighted by molar-refractivity contribution is -0.384. The van der Waals surface area contributed by atoms with Gasteiger partial charge in [0.15, 0.2) is 0 Å². The predicted octanol–water partition coefficient (Wildman–Crippen LogP) is 3.02. The average molecular weight is 360 g/mol. The van der Waals surface area contributed by atoms with Gasteiger partial charge in [-0.15, -0.1) is 0 Å².